The first-order chi connectivity index (χ1) is 9.69. The number of hydrogen-bond donors (Lipinski definition) is 1. The van der Waals surface area contributed by atoms with E-state index < -0.39 is 0 Å². The molecule has 1 aliphatic carbocycles. The second kappa shape index (κ2) is 5.41. The summed E-state index contributed by atoms with van der Waals surface area (Å²) in [6, 6.07) is 9.24. The van der Waals surface area contributed by atoms with Crippen molar-refractivity contribution in [2.24, 2.45) is 7.05 Å². The van der Waals surface area contributed by atoms with Crippen LogP contribution in [-0.4, -0.2) is 16.3 Å². The fourth-order valence-electron chi connectivity index (χ4n) is 3.38. The summed E-state index contributed by atoms with van der Waals surface area (Å²) in [6.45, 7) is 5.27. The van der Waals surface area contributed by atoms with Crippen molar-refractivity contribution in [2.45, 2.75) is 38.6 Å². The van der Waals surface area contributed by atoms with Gasteiger partial charge >= 0.3 is 0 Å². The molecule has 2 atom stereocenters. The van der Waals surface area contributed by atoms with Crippen LogP contribution in [0.3, 0.4) is 0 Å². The summed E-state index contributed by atoms with van der Waals surface area (Å²) in [5, 5.41) is 8.12. The molecule has 0 saturated heterocycles. The topological polar surface area (TPSA) is 29.9 Å². The van der Waals surface area contributed by atoms with E-state index >= 15 is 0 Å². The van der Waals surface area contributed by atoms with E-state index in [1.54, 1.807) is 0 Å². The minimum absolute atomic E-state index is 0.409. The maximum absolute atomic E-state index is 4.49. The summed E-state index contributed by atoms with van der Waals surface area (Å²) < 4.78 is 1.92. The van der Waals surface area contributed by atoms with E-state index in [0.717, 1.165) is 18.7 Å². The molecular weight excluding hydrogens is 246 g/mol. The van der Waals surface area contributed by atoms with Gasteiger partial charge in [-0.2, -0.15) is 5.10 Å². The average Bonchev–Trinajstić information content (AvgIpc) is 2.74. The molecule has 0 amide bonds. The van der Waals surface area contributed by atoms with Crippen molar-refractivity contribution in [1.82, 2.24) is 15.1 Å². The number of aromatic nitrogens is 2. The van der Waals surface area contributed by atoms with Gasteiger partial charge in [-0.15, -0.1) is 0 Å². The predicted molar refractivity (Wildman–Crippen MR) is 81.9 cm³/mol. The number of hydrogen-bond acceptors (Lipinski definition) is 2. The highest BCUT2D eigenvalue weighted by Gasteiger charge is 2.29. The monoisotopic (exact) mass is 269 g/mol. The first-order valence-electron chi connectivity index (χ1n) is 7.50. The molecule has 0 spiro atoms. The van der Waals surface area contributed by atoms with E-state index in [9.17, 15) is 0 Å². The molecule has 1 N–H and O–H groups in total. The van der Waals surface area contributed by atoms with E-state index in [1.165, 1.54) is 23.1 Å². The van der Waals surface area contributed by atoms with Crippen LogP contribution >= 0.6 is 0 Å². The van der Waals surface area contributed by atoms with Crippen molar-refractivity contribution < 1.29 is 0 Å². The van der Waals surface area contributed by atoms with Gasteiger partial charge in [-0.3, -0.25) is 4.68 Å². The smallest absolute Gasteiger partial charge is 0.0641 e. The highest BCUT2D eigenvalue weighted by atomic mass is 15.3. The lowest BCUT2D eigenvalue weighted by Crippen LogP contribution is -2.27. The van der Waals surface area contributed by atoms with E-state index in [4.69, 9.17) is 0 Å². The lowest BCUT2D eigenvalue weighted by molar-refractivity contribution is 0.434. The van der Waals surface area contributed by atoms with Gasteiger partial charge in [0.05, 0.1) is 5.69 Å². The molecule has 0 fully saturated rings. The number of benzene rings is 1. The Balaban J connectivity index is 1.78. The van der Waals surface area contributed by atoms with Gasteiger partial charge in [-0.25, -0.2) is 0 Å². The summed E-state index contributed by atoms with van der Waals surface area (Å²) in [5.74, 6) is 0.690. The molecule has 3 heteroatoms. The number of fused-ring (bicyclic) bond motifs is 1. The van der Waals surface area contributed by atoms with Crippen LogP contribution in [0.5, 0.6) is 0 Å². The third-order valence-electron chi connectivity index (χ3n) is 4.36. The van der Waals surface area contributed by atoms with Crippen molar-refractivity contribution in [3.8, 4) is 0 Å². The van der Waals surface area contributed by atoms with E-state index in [0.29, 0.717) is 12.0 Å². The Morgan fingerprint density at radius 1 is 1.40 bits per heavy atom. The fraction of sp³-hybridized carbons (Fsp3) is 0.471. The summed E-state index contributed by atoms with van der Waals surface area (Å²) >= 11 is 0. The zero-order valence-corrected chi connectivity index (χ0v) is 12.6. The Hall–Kier alpha value is -1.61. The van der Waals surface area contributed by atoms with Crippen molar-refractivity contribution >= 4 is 0 Å². The minimum atomic E-state index is 0.409. The van der Waals surface area contributed by atoms with Gasteiger partial charge in [0, 0.05) is 24.8 Å². The Morgan fingerprint density at radius 3 is 2.85 bits per heavy atom. The van der Waals surface area contributed by atoms with Crippen LogP contribution in [-0.2, 0) is 13.5 Å². The Morgan fingerprint density at radius 2 is 2.20 bits per heavy atom. The summed E-state index contributed by atoms with van der Waals surface area (Å²) in [5.41, 5.74) is 5.55. The number of aryl methyl sites for hydroxylation is 2. The predicted octanol–water partition coefficient (Wildman–Crippen LogP) is 3.11. The zero-order valence-electron chi connectivity index (χ0n) is 12.6. The Labute approximate surface area is 121 Å². The maximum Gasteiger partial charge on any atom is 0.0641 e. The molecular formula is C17H23N3. The summed E-state index contributed by atoms with van der Waals surface area (Å²) in [4.78, 5) is 0. The van der Waals surface area contributed by atoms with Crippen LogP contribution in [0.4, 0.5) is 0 Å². The van der Waals surface area contributed by atoms with Gasteiger partial charge in [0.25, 0.3) is 0 Å². The molecule has 1 heterocycles. The van der Waals surface area contributed by atoms with E-state index in [-0.39, 0.29) is 0 Å². The first-order valence-corrected chi connectivity index (χ1v) is 7.50. The normalized spacial score (nSPS) is 18.4. The van der Waals surface area contributed by atoms with Crippen LogP contribution in [0.25, 0.3) is 0 Å². The number of rotatable bonds is 5. The number of nitrogens with zero attached hydrogens (tertiary/aromatic N) is 2. The second-order valence-electron chi connectivity index (χ2n) is 5.79. The van der Waals surface area contributed by atoms with Gasteiger partial charge in [0.15, 0.2) is 0 Å². The largest absolute Gasteiger partial charge is 0.310 e. The summed E-state index contributed by atoms with van der Waals surface area (Å²) in [6.07, 6.45) is 4.54. The first kappa shape index (κ1) is 13.4. The Kier molecular flexibility index (Phi) is 3.62. The summed E-state index contributed by atoms with van der Waals surface area (Å²) in [7, 11) is 2.00. The molecule has 20 heavy (non-hydrogen) atoms. The molecule has 2 unspecified atom stereocenters. The van der Waals surface area contributed by atoms with Crippen LogP contribution in [0.2, 0.25) is 0 Å². The lowest BCUT2D eigenvalue weighted by Gasteiger charge is -2.33. The van der Waals surface area contributed by atoms with Crippen LogP contribution in [0.15, 0.2) is 30.5 Å². The van der Waals surface area contributed by atoms with E-state index in [2.05, 4.69) is 54.7 Å². The molecule has 1 aliphatic rings. The van der Waals surface area contributed by atoms with E-state index in [1.807, 2.05) is 11.7 Å². The molecule has 1 aromatic heterocycles. The molecule has 0 radical (unpaired) electrons. The SMILES string of the molecule is CCNC(CC1Cc2ccccc21)c1cn(C)nc1C. The molecule has 2 aromatic rings. The molecule has 3 rings (SSSR count). The molecule has 0 bridgehead atoms. The highest BCUT2D eigenvalue weighted by molar-refractivity contribution is 5.40. The maximum atomic E-state index is 4.49. The van der Waals surface area contributed by atoms with Gasteiger partial charge < -0.3 is 5.32 Å². The average molecular weight is 269 g/mol. The van der Waals surface area contributed by atoms with Crippen LogP contribution in [0, 0.1) is 6.92 Å². The minimum Gasteiger partial charge on any atom is -0.310 e. The van der Waals surface area contributed by atoms with Gasteiger partial charge in [-0.05, 0) is 43.4 Å². The highest BCUT2D eigenvalue weighted by Crippen LogP contribution is 2.40. The van der Waals surface area contributed by atoms with Crippen molar-refractivity contribution in [1.29, 1.82) is 0 Å². The van der Waals surface area contributed by atoms with Crippen molar-refractivity contribution in [2.75, 3.05) is 6.54 Å². The lowest BCUT2D eigenvalue weighted by atomic mass is 9.74. The quantitative estimate of drug-likeness (QED) is 0.904. The standard InChI is InChI=1S/C17H23N3/c1-4-18-17(16-11-20(3)19-12(16)2)10-14-9-13-7-5-6-8-15(13)14/h5-8,11,14,17-18H,4,9-10H2,1-3H3. The fourth-order valence-corrected chi connectivity index (χ4v) is 3.38. The van der Waals surface area contributed by atoms with Gasteiger partial charge in [0.2, 0.25) is 0 Å². The Bertz CT molecular complexity index is 600. The number of nitrogens with one attached hydrogen (secondary N) is 1. The van der Waals surface area contributed by atoms with Crippen molar-refractivity contribution in [3.63, 3.8) is 0 Å². The third-order valence-corrected chi connectivity index (χ3v) is 4.36. The molecule has 0 aliphatic heterocycles. The van der Waals surface area contributed by atoms with Crippen LogP contribution < -0.4 is 5.32 Å². The molecule has 0 saturated carbocycles. The molecule has 106 valence electrons. The molecule has 1 aromatic carbocycles. The molecule has 3 nitrogen and oxygen atoms in total. The van der Waals surface area contributed by atoms with Gasteiger partial charge in [0.1, 0.15) is 0 Å². The zero-order chi connectivity index (χ0) is 14.1. The second-order valence-corrected chi connectivity index (χ2v) is 5.79. The van der Waals surface area contributed by atoms with Gasteiger partial charge in [-0.1, -0.05) is 31.2 Å². The van der Waals surface area contributed by atoms with Crippen LogP contribution in [0.1, 0.15) is 47.7 Å². The van der Waals surface area contributed by atoms with Crippen molar-refractivity contribution in [3.05, 3.63) is 52.8 Å². The third kappa shape index (κ3) is 2.38.